The van der Waals surface area contributed by atoms with E-state index in [-0.39, 0.29) is 16.2 Å². The molecule has 4 nitrogen and oxygen atoms in total. The molecule has 0 aliphatic heterocycles. The lowest BCUT2D eigenvalue weighted by Gasteiger charge is -2.50. The highest BCUT2D eigenvalue weighted by Crippen LogP contribution is 2.53. The van der Waals surface area contributed by atoms with Crippen LogP contribution < -0.4 is 4.18 Å². The van der Waals surface area contributed by atoms with E-state index >= 15 is 0 Å². The molecule has 174 valence electrons. The Hall–Kier alpha value is -3.10. The number of rotatable bonds is 5. The molecule has 5 rings (SSSR count). The monoisotopic (exact) mass is 471 g/mol. The SMILES string of the molecule is Cc1ccc(S(=O)(=O)Oc2ccc3c(c2)CC[C@@H]2CC(C#N)CC[C@@]32Cc2ccccc2)cc1. The van der Waals surface area contributed by atoms with Gasteiger partial charge in [0, 0.05) is 11.3 Å². The molecule has 3 atom stereocenters. The number of aryl methyl sites for hydroxylation is 2. The van der Waals surface area contributed by atoms with Crippen molar-refractivity contribution in [1.29, 1.82) is 5.26 Å². The third-order valence-electron chi connectivity index (χ3n) is 7.73. The van der Waals surface area contributed by atoms with Gasteiger partial charge in [0.2, 0.25) is 0 Å². The fraction of sp³-hybridized carbons (Fsp3) is 0.345. The molecule has 2 aliphatic rings. The lowest BCUT2D eigenvalue weighted by molar-refractivity contribution is 0.135. The van der Waals surface area contributed by atoms with Gasteiger partial charge in [0.05, 0.1) is 6.07 Å². The van der Waals surface area contributed by atoms with Crippen LogP contribution in [0, 0.1) is 30.1 Å². The standard InChI is InChI=1S/C29H29NO3S/c1-21-7-12-27(13-8-21)34(31,32)33-26-11-14-28-24(18-26)9-10-25-17-23(20-30)15-16-29(25,28)19-22-5-3-2-4-6-22/h2-8,11-14,18,23,25H,9-10,15-17,19H2,1H3/t23?,25-,29+/m1/s1. The van der Waals surface area contributed by atoms with Gasteiger partial charge in [0.15, 0.2) is 0 Å². The zero-order chi connectivity index (χ0) is 23.8. The third-order valence-corrected chi connectivity index (χ3v) is 8.99. The van der Waals surface area contributed by atoms with Crippen molar-refractivity contribution in [2.45, 2.75) is 55.8 Å². The summed E-state index contributed by atoms with van der Waals surface area (Å²) < 4.78 is 31.2. The zero-order valence-corrected chi connectivity index (χ0v) is 20.2. The van der Waals surface area contributed by atoms with Crippen LogP contribution in [0.1, 0.15) is 47.9 Å². The predicted octanol–water partition coefficient (Wildman–Crippen LogP) is 6.13. The second-order valence-corrected chi connectivity index (χ2v) is 11.4. The minimum absolute atomic E-state index is 0.0311. The molecular formula is C29H29NO3S. The van der Waals surface area contributed by atoms with Crippen molar-refractivity contribution in [3.8, 4) is 11.8 Å². The van der Waals surface area contributed by atoms with Gasteiger partial charge < -0.3 is 4.18 Å². The first kappa shape index (κ1) is 22.7. The molecule has 0 amide bonds. The molecule has 3 aromatic carbocycles. The summed E-state index contributed by atoms with van der Waals surface area (Å²) in [6.07, 6.45) is 5.62. The Morgan fingerprint density at radius 1 is 1.03 bits per heavy atom. The molecule has 5 heteroatoms. The lowest BCUT2D eigenvalue weighted by atomic mass is 9.53. The maximum Gasteiger partial charge on any atom is 0.339 e. The Balaban J connectivity index is 1.49. The second kappa shape index (κ2) is 8.92. The molecule has 0 aromatic heterocycles. The molecule has 0 spiro atoms. The zero-order valence-electron chi connectivity index (χ0n) is 19.4. The number of fused-ring (bicyclic) bond motifs is 3. The molecule has 0 bridgehead atoms. The Kier molecular flexibility index (Phi) is 5.95. The molecule has 1 fully saturated rings. The Bertz CT molecular complexity index is 1330. The van der Waals surface area contributed by atoms with E-state index in [9.17, 15) is 13.7 Å². The van der Waals surface area contributed by atoms with E-state index < -0.39 is 10.1 Å². The highest BCUT2D eigenvalue weighted by molar-refractivity contribution is 7.87. The normalized spacial score (nSPS) is 23.9. The Labute approximate surface area is 202 Å². The summed E-state index contributed by atoms with van der Waals surface area (Å²) >= 11 is 0. The van der Waals surface area contributed by atoms with Crippen molar-refractivity contribution < 1.29 is 12.6 Å². The van der Waals surface area contributed by atoms with Crippen molar-refractivity contribution >= 4 is 10.1 Å². The van der Waals surface area contributed by atoms with Crippen LogP contribution in [0.5, 0.6) is 5.75 Å². The van der Waals surface area contributed by atoms with Gasteiger partial charge in [-0.15, -0.1) is 0 Å². The number of hydrogen-bond acceptors (Lipinski definition) is 4. The maximum atomic E-state index is 12.8. The molecular weight excluding hydrogens is 442 g/mol. The number of nitrogens with zero attached hydrogens (tertiary/aromatic N) is 1. The van der Waals surface area contributed by atoms with Gasteiger partial charge >= 0.3 is 10.1 Å². The molecule has 3 aromatic rings. The van der Waals surface area contributed by atoms with E-state index in [4.69, 9.17) is 4.18 Å². The van der Waals surface area contributed by atoms with E-state index in [1.54, 1.807) is 30.3 Å². The van der Waals surface area contributed by atoms with Crippen LogP contribution in [0.3, 0.4) is 0 Å². The van der Waals surface area contributed by atoms with Crippen molar-refractivity contribution in [3.63, 3.8) is 0 Å². The van der Waals surface area contributed by atoms with Crippen LogP contribution >= 0.6 is 0 Å². The maximum absolute atomic E-state index is 12.8. The predicted molar refractivity (Wildman–Crippen MR) is 132 cm³/mol. The van der Waals surface area contributed by atoms with Crippen molar-refractivity contribution in [3.05, 3.63) is 95.1 Å². The van der Waals surface area contributed by atoms with Crippen molar-refractivity contribution in [2.24, 2.45) is 11.8 Å². The molecule has 0 heterocycles. The smallest absolute Gasteiger partial charge is 0.339 e. The minimum Gasteiger partial charge on any atom is -0.379 e. The fourth-order valence-electron chi connectivity index (χ4n) is 6.00. The number of benzene rings is 3. The summed E-state index contributed by atoms with van der Waals surface area (Å²) in [5.74, 6) is 0.928. The molecule has 0 N–H and O–H groups in total. The van der Waals surface area contributed by atoms with Gasteiger partial charge in [-0.1, -0.05) is 54.1 Å². The van der Waals surface area contributed by atoms with Gasteiger partial charge in [0.1, 0.15) is 10.6 Å². The first-order valence-corrected chi connectivity index (χ1v) is 13.4. The van der Waals surface area contributed by atoms with E-state index in [2.05, 4.69) is 36.4 Å². The van der Waals surface area contributed by atoms with Gasteiger partial charge in [-0.2, -0.15) is 13.7 Å². The number of hydrogen-bond donors (Lipinski definition) is 0. The quantitative estimate of drug-likeness (QED) is 0.420. The Morgan fingerprint density at radius 3 is 2.53 bits per heavy atom. The van der Waals surface area contributed by atoms with E-state index in [1.165, 1.54) is 16.7 Å². The van der Waals surface area contributed by atoms with E-state index in [0.717, 1.165) is 44.1 Å². The third kappa shape index (κ3) is 4.23. The summed E-state index contributed by atoms with van der Waals surface area (Å²) in [6, 6.07) is 25.6. The van der Waals surface area contributed by atoms with E-state index in [0.29, 0.717) is 11.7 Å². The molecule has 34 heavy (non-hydrogen) atoms. The minimum atomic E-state index is -3.89. The topological polar surface area (TPSA) is 67.2 Å². The average Bonchev–Trinajstić information content (AvgIpc) is 2.84. The summed E-state index contributed by atoms with van der Waals surface area (Å²) in [6.45, 7) is 1.92. The highest BCUT2D eigenvalue weighted by atomic mass is 32.2. The van der Waals surface area contributed by atoms with Gasteiger partial charge in [-0.3, -0.25) is 0 Å². The molecule has 0 radical (unpaired) electrons. The summed E-state index contributed by atoms with van der Waals surface area (Å²) in [7, 11) is -3.89. The fourth-order valence-corrected chi connectivity index (χ4v) is 6.92. The van der Waals surface area contributed by atoms with Crippen LogP contribution in [0.4, 0.5) is 0 Å². The van der Waals surface area contributed by atoms with Crippen molar-refractivity contribution in [1.82, 2.24) is 0 Å². The van der Waals surface area contributed by atoms with Gasteiger partial charge in [-0.25, -0.2) is 0 Å². The molecule has 1 unspecified atom stereocenters. The highest BCUT2D eigenvalue weighted by Gasteiger charge is 2.47. The van der Waals surface area contributed by atoms with Crippen LogP contribution in [0.15, 0.2) is 77.7 Å². The first-order chi connectivity index (χ1) is 16.4. The molecule has 0 saturated heterocycles. The summed E-state index contributed by atoms with van der Waals surface area (Å²) in [5, 5.41) is 9.58. The molecule has 1 saturated carbocycles. The lowest BCUT2D eigenvalue weighted by Crippen LogP contribution is -2.45. The van der Waals surface area contributed by atoms with Crippen LogP contribution in [0.25, 0.3) is 0 Å². The van der Waals surface area contributed by atoms with Gasteiger partial charge in [-0.05, 0) is 92.3 Å². The van der Waals surface area contributed by atoms with Crippen LogP contribution in [-0.2, 0) is 28.4 Å². The van der Waals surface area contributed by atoms with Crippen LogP contribution in [-0.4, -0.2) is 8.42 Å². The van der Waals surface area contributed by atoms with Crippen LogP contribution in [0.2, 0.25) is 0 Å². The van der Waals surface area contributed by atoms with E-state index in [1.807, 2.05) is 19.1 Å². The largest absolute Gasteiger partial charge is 0.379 e. The van der Waals surface area contributed by atoms with Crippen molar-refractivity contribution in [2.75, 3.05) is 0 Å². The number of nitriles is 1. The average molecular weight is 472 g/mol. The summed E-state index contributed by atoms with van der Waals surface area (Å²) in [5.41, 5.74) is 4.73. The molecule has 2 aliphatic carbocycles. The second-order valence-electron chi connectivity index (χ2n) is 9.82. The van der Waals surface area contributed by atoms with Gasteiger partial charge in [0.25, 0.3) is 0 Å². The Morgan fingerprint density at radius 2 is 1.79 bits per heavy atom. The first-order valence-electron chi connectivity index (χ1n) is 12.0. The summed E-state index contributed by atoms with van der Waals surface area (Å²) in [4.78, 5) is 0.159.